The lowest BCUT2D eigenvalue weighted by molar-refractivity contribution is -0.151. The van der Waals surface area contributed by atoms with Crippen molar-refractivity contribution >= 4 is 30.5 Å². The molecular formula is C27H32F2N5O8P. The number of fused-ring (bicyclic) bond motifs is 1. The lowest BCUT2D eigenvalue weighted by atomic mass is 9.91. The molecule has 0 amide bonds. The van der Waals surface area contributed by atoms with E-state index in [1.807, 2.05) is 5.92 Å². The van der Waals surface area contributed by atoms with E-state index < -0.39 is 97.3 Å². The average Bonchev–Trinajstić information content (AvgIpc) is 3.40. The largest absolute Gasteiger partial charge is 0.463 e. The van der Waals surface area contributed by atoms with E-state index in [0.29, 0.717) is 0 Å². The summed E-state index contributed by atoms with van der Waals surface area (Å²) in [5, 5.41) is 10.8. The predicted molar refractivity (Wildman–Crippen MR) is 151 cm³/mol. The van der Waals surface area contributed by atoms with Gasteiger partial charge in [-0.1, -0.05) is 37.0 Å². The smallest absolute Gasteiger partial charge is 0.380 e. The van der Waals surface area contributed by atoms with Crippen molar-refractivity contribution in [3.8, 4) is 17.6 Å². The Hall–Kier alpha value is -3.80. The van der Waals surface area contributed by atoms with Crippen LogP contribution in [0.5, 0.6) is 5.75 Å². The molecule has 16 heteroatoms. The third-order valence-corrected chi connectivity index (χ3v) is 8.15. The minimum Gasteiger partial charge on any atom is -0.463 e. The number of aromatic nitrogens is 3. The normalized spacial score (nSPS) is 24.9. The number of nitrogen functional groups attached to an aromatic ring is 1. The van der Waals surface area contributed by atoms with Crippen LogP contribution in [0, 0.1) is 23.6 Å². The zero-order valence-electron chi connectivity index (χ0n) is 25.3. The third-order valence-electron chi connectivity index (χ3n) is 6.29. The van der Waals surface area contributed by atoms with Crippen LogP contribution < -0.4 is 21.6 Å². The van der Waals surface area contributed by atoms with Crippen LogP contribution in [0.3, 0.4) is 0 Å². The summed E-state index contributed by atoms with van der Waals surface area (Å²) in [7, 11) is -4.64. The maximum absolute atomic E-state index is 14.9. The number of hydrogen-bond acceptors (Lipinski definition) is 11. The van der Waals surface area contributed by atoms with Crippen molar-refractivity contribution < 1.29 is 44.5 Å². The molecule has 6 N–H and O–H groups in total. The first kappa shape index (κ1) is 29.3. The predicted octanol–water partition coefficient (Wildman–Crippen LogP) is 2.25. The summed E-state index contributed by atoms with van der Waals surface area (Å²) < 4.78 is 82.5. The van der Waals surface area contributed by atoms with Gasteiger partial charge in [-0.05, 0) is 26.0 Å². The first-order chi connectivity index (χ1) is 21.0. The topological polar surface area (TPSA) is 194 Å². The summed E-state index contributed by atoms with van der Waals surface area (Å²) in [6, 6.07) is 7.59. The van der Waals surface area contributed by atoms with Gasteiger partial charge in [-0.3, -0.25) is 23.7 Å². The monoisotopic (exact) mass is 625 g/mol. The fourth-order valence-electron chi connectivity index (χ4n) is 4.37. The van der Waals surface area contributed by atoms with Crippen LogP contribution in [0.15, 0.2) is 41.3 Å². The van der Waals surface area contributed by atoms with Crippen molar-refractivity contribution in [3.05, 3.63) is 52.7 Å². The van der Waals surface area contributed by atoms with Crippen molar-refractivity contribution in [1.29, 1.82) is 0 Å². The number of nitrogens with two attached hydrogens (primary N) is 2. The SMILES string of the molecule is [2H]C([2H])(O[P@@](=O)(C[C@@H](C)C(=O)OC(C)C)Oc1ccccc1)[C@H]1O[C@@H](n2cc(F)c3c(=O)[nH]c(N)nc32)C(N)(C#CCF)[C@H]1O. The number of carbonyl (C=O) groups excluding carboxylic acids is 1. The van der Waals surface area contributed by atoms with Crippen LogP contribution in [0.2, 0.25) is 0 Å². The van der Waals surface area contributed by atoms with Crippen LogP contribution in [0.25, 0.3) is 11.0 Å². The molecule has 6 atom stereocenters. The highest BCUT2D eigenvalue weighted by Crippen LogP contribution is 2.51. The highest BCUT2D eigenvalue weighted by Gasteiger charge is 2.55. The Bertz CT molecular complexity index is 1730. The van der Waals surface area contributed by atoms with Crippen molar-refractivity contribution in [2.24, 2.45) is 11.7 Å². The second kappa shape index (κ2) is 12.8. The zero-order chi connectivity index (χ0) is 33.3. The van der Waals surface area contributed by atoms with Gasteiger partial charge >= 0.3 is 13.6 Å². The number of halogens is 2. The summed E-state index contributed by atoms with van der Waals surface area (Å²) in [5.41, 5.74) is 8.30. The van der Waals surface area contributed by atoms with Crippen LogP contribution >= 0.6 is 7.60 Å². The number of carbonyl (C=O) groups is 1. The van der Waals surface area contributed by atoms with E-state index in [0.717, 1.165) is 10.8 Å². The maximum atomic E-state index is 14.9. The Morgan fingerprint density at radius 1 is 1.37 bits per heavy atom. The van der Waals surface area contributed by atoms with Gasteiger partial charge in [0.2, 0.25) is 5.95 Å². The van der Waals surface area contributed by atoms with Crippen molar-refractivity contribution in [1.82, 2.24) is 14.5 Å². The molecule has 1 saturated heterocycles. The van der Waals surface area contributed by atoms with Gasteiger partial charge in [-0.2, -0.15) is 4.98 Å². The highest BCUT2D eigenvalue weighted by molar-refractivity contribution is 7.54. The minimum absolute atomic E-state index is 0.0111. The van der Waals surface area contributed by atoms with Gasteiger partial charge in [0.05, 0.1) is 27.5 Å². The number of nitrogens with zero attached hydrogens (tertiary/aromatic N) is 2. The molecule has 1 aromatic carbocycles. The molecule has 0 aliphatic carbocycles. The molecule has 0 spiro atoms. The highest BCUT2D eigenvalue weighted by atomic mass is 31.2. The quantitative estimate of drug-likeness (QED) is 0.147. The molecule has 4 rings (SSSR count). The Kier molecular flexibility index (Phi) is 8.73. The minimum atomic E-state index is -4.64. The van der Waals surface area contributed by atoms with Gasteiger partial charge in [0, 0.05) is 6.20 Å². The number of alkyl halides is 1. The molecule has 1 aliphatic heterocycles. The van der Waals surface area contributed by atoms with Crippen molar-refractivity contribution in [2.75, 3.05) is 25.1 Å². The number of esters is 1. The molecule has 0 bridgehead atoms. The van der Waals surface area contributed by atoms with E-state index >= 15 is 0 Å². The van der Waals surface area contributed by atoms with Gasteiger partial charge in [0.1, 0.15) is 30.0 Å². The molecule has 2 aromatic heterocycles. The van der Waals surface area contributed by atoms with Crippen LogP contribution in [-0.2, 0) is 23.4 Å². The Balaban J connectivity index is 1.75. The first-order valence-corrected chi connectivity index (χ1v) is 14.7. The van der Waals surface area contributed by atoms with Gasteiger partial charge in [0.25, 0.3) is 5.56 Å². The van der Waals surface area contributed by atoms with E-state index in [4.69, 9.17) is 32.7 Å². The Labute approximate surface area is 247 Å². The molecule has 0 radical (unpaired) electrons. The van der Waals surface area contributed by atoms with E-state index in [2.05, 4.69) is 15.9 Å². The summed E-state index contributed by atoms with van der Waals surface area (Å²) in [5.74, 6) is 0.978. The maximum Gasteiger partial charge on any atom is 0.380 e. The van der Waals surface area contributed by atoms with Crippen LogP contribution in [-0.4, -0.2) is 68.9 Å². The van der Waals surface area contributed by atoms with Crippen molar-refractivity contribution in [2.45, 2.75) is 50.8 Å². The summed E-state index contributed by atoms with van der Waals surface area (Å²) in [6.45, 7) is 0.154. The van der Waals surface area contributed by atoms with Gasteiger partial charge in [-0.15, -0.1) is 0 Å². The standard InChI is InChI=1S/C27H32F2N5O8P/c1-15(2)40-24(37)16(3)14-43(38,42-17-8-5-4-6-9-17)39-13-19-21(35)27(31,10-7-11-28)25(41-19)34-12-18(29)20-22(34)32-26(30)33-23(20)36/h4-6,8-9,12,15-16,19,21,25,35H,11,13-14,31H2,1-3H3,(H3,30,32,33,36)/t16-,19-,21+,25-,27?,43+/m1/s1/i13D2. The van der Waals surface area contributed by atoms with Crippen LogP contribution in [0.4, 0.5) is 14.7 Å². The molecule has 3 aromatic rings. The molecule has 43 heavy (non-hydrogen) atoms. The number of para-hydroxylation sites is 1. The van der Waals surface area contributed by atoms with Crippen molar-refractivity contribution in [3.63, 3.8) is 0 Å². The fraction of sp³-hybridized carbons (Fsp3) is 0.444. The second-order valence-corrected chi connectivity index (χ2v) is 12.0. The Morgan fingerprint density at radius 2 is 2.07 bits per heavy atom. The second-order valence-electron chi connectivity index (χ2n) is 10.1. The number of nitrogens with one attached hydrogen (secondary N) is 1. The zero-order valence-corrected chi connectivity index (χ0v) is 24.2. The van der Waals surface area contributed by atoms with Crippen LogP contribution in [0.1, 0.15) is 29.7 Å². The van der Waals surface area contributed by atoms with Gasteiger partial charge in [-0.25, -0.2) is 13.3 Å². The molecule has 1 fully saturated rings. The number of anilines is 1. The number of aliphatic hydroxyl groups is 1. The summed E-state index contributed by atoms with van der Waals surface area (Å²) in [6.07, 6.45) is -6.51. The van der Waals surface area contributed by atoms with E-state index in [-0.39, 0.29) is 5.75 Å². The number of aromatic amines is 1. The number of hydrogen-bond donors (Lipinski definition) is 4. The van der Waals surface area contributed by atoms with Gasteiger partial charge < -0.3 is 30.6 Å². The molecule has 0 saturated carbocycles. The lowest BCUT2D eigenvalue weighted by Crippen LogP contribution is -2.53. The summed E-state index contributed by atoms with van der Waals surface area (Å²) >= 11 is 0. The lowest BCUT2D eigenvalue weighted by Gasteiger charge is -2.28. The molecule has 1 unspecified atom stereocenters. The Morgan fingerprint density at radius 3 is 2.72 bits per heavy atom. The number of H-pyrrole nitrogens is 1. The van der Waals surface area contributed by atoms with E-state index in [1.54, 1.807) is 32.0 Å². The number of rotatable bonds is 10. The number of benzene rings is 1. The third kappa shape index (κ3) is 6.90. The first-order valence-electron chi connectivity index (χ1n) is 14.0. The number of aliphatic hydroxyl groups excluding tert-OH is 1. The van der Waals surface area contributed by atoms with E-state index in [1.165, 1.54) is 19.1 Å². The fourth-order valence-corrected chi connectivity index (χ4v) is 6.08. The molecular weight excluding hydrogens is 591 g/mol. The molecule has 3 heterocycles. The molecule has 1 aliphatic rings. The molecule has 232 valence electrons. The van der Waals surface area contributed by atoms with E-state index in [9.17, 15) is 28.0 Å². The average molecular weight is 626 g/mol. The number of ether oxygens (including phenoxy) is 2. The molecule has 13 nitrogen and oxygen atoms in total. The van der Waals surface area contributed by atoms with Gasteiger partial charge in [0.15, 0.2) is 23.2 Å². The summed E-state index contributed by atoms with van der Waals surface area (Å²) in [4.78, 5) is 31.0.